The second-order valence-electron chi connectivity index (χ2n) is 3.71. The maximum absolute atomic E-state index is 11.8. The van der Waals surface area contributed by atoms with Gasteiger partial charge >= 0.3 is 5.97 Å². The quantitative estimate of drug-likeness (QED) is 0.367. The van der Waals surface area contributed by atoms with E-state index in [1.807, 2.05) is 6.92 Å². The van der Waals surface area contributed by atoms with Crippen LogP contribution in [0.15, 0.2) is 0 Å². The zero-order valence-electron chi connectivity index (χ0n) is 10.7. The van der Waals surface area contributed by atoms with E-state index in [0.29, 0.717) is 25.9 Å². The van der Waals surface area contributed by atoms with E-state index in [1.165, 1.54) is 7.11 Å². The maximum atomic E-state index is 11.8. The molecule has 0 atom stereocenters. The Kier molecular flexibility index (Phi) is 8.85. The first-order valence-electron chi connectivity index (χ1n) is 5.93. The maximum Gasteiger partial charge on any atom is 0.307 e. The minimum absolute atomic E-state index is 0.0772. The van der Waals surface area contributed by atoms with Crippen LogP contribution in [0.2, 0.25) is 0 Å². The average molecular weight is 239 g/mol. The molecule has 0 radical (unpaired) electrons. The van der Waals surface area contributed by atoms with E-state index in [9.17, 15) is 9.59 Å². The van der Waals surface area contributed by atoms with E-state index < -0.39 is 0 Å². The molecule has 0 bridgehead atoms. The zero-order chi connectivity index (χ0) is 13.1. The molecule has 0 aromatic carbocycles. The normalized spacial score (nSPS) is 9.47. The van der Waals surface area contributed by atoms with Crippen molar-refractivity contribution < 1.29 is 14.3 Å². The number of methoxy groups -OCH3 is 1. The van der Waals surface area contributed by atoms with Gasteiger partial charge in [-0.15, -0.1) is 12.3 Å². The molecule has 0 aliphatic carbocycles. The number of nitrogens with zero attached hydrogens (tertiary/aromatic N) is 1. The van der Waals surface area contributed by atoms with Gasteiger partial charge in [-0.25, -0.2) is 0 Å². The van der Waals surface area contributed by atoms with Crippen LogP contribution >= 0.6 is 0 Å². The standard InChI is InChI=1S/C13H21NO3/c1-4-6-7-8-9-12(15)14(5-2)11-10-13(16)17-3/h1H,5-11H2,2-3H3. The first kappa shape index (κ1) is 15.5. The van der Waals surface area contributed by atoms with E-state index in [1.54, 1.807) is 4.90 Å². The van der Waals surface area contributed by atoms with Crippen LogP contribution in [0.4, 0.5) is 0 Å². The van der Waals surface area contributed by atoms with Crippen LogP contribution in [0.25, 0.3) is 0 Å². The van der Waals surface area contributed by atoms with Crippen molar-refractivity contribution in [2.24, 2.45) is 0 Å². The van der Waals surface area contributed by atoms with Crippen LogP contribution in [0.1, 0.15) is 39.0 Å². The summed E-state index contributed by atoms with van der Waals surface area (Å²) >= 11 is 0. The summed E-state index contributed by atoms with van der Waals surface area (Å²) in [6, 6.07) is 0. The van der Waals surface area contributed by atoms with Crippen LogP contribution in [-0.2, 0) is 14.3 Å². The minimum Gasteiger partial charge on any atom is -0.469 e. The number of carbonyl (C=O) groups excluding carboxylic acids is 2. The third-order valence-electron chi connectivity index (χ3n) is 2.51. The minimum atomic E-state index is -0.288. The van der Waals surface area contributed by atoms with Crippen molar-refractivity contribution in [2.75, 3.05) is 20.2 Å². The summed E-state index contributed by atoms with van der Waals surface area (Å²) in [5.74, 6) is 2.34. The highest BCUT2D eigenvalue weighted by atomic mass is 16.5. The Hall–Kier alpha value is -1.50. The highest BCUT2D eigenvalue weighted by Gasteiger charge is 2.12. The molecule has 0 saturated carbocycles. The number of carbonyl (C=O) groups is 2. The molecule has 0 rings (SSSR count). The Balaban J connectivity index is 3.87. The number of terminal acetylenes is 1. The average Bonchev–Trinajstić information content (AvgIpc) is 2.35. The van der Waals surface area contributed by atoms with Crippen molar-refractivity contribution in [1.82, 2.24) is 4.90 Å². The fourth-order valence-corrected chi connectivity index (χ4v) is 1.45. The lowest BCUT2D eigenvalue weighted by molar-refractivity contribution is -0.141. The second kappa shape index (κ2) is 9.71. The lowest BCUT2D eigenvalue weighted by Crippen LogP contribution is -2.32. The Morgan fingerprint density at radius 2 is 2.00 bits per heavy atom. The number of hydrogen-bond acceptors (Lipinski definition) is 3. The first-order valence-corrected chi connectivity index (χ1v) is 5.93. The van der Waals surface area contributed by atoms with Crippen molar-refractivity contribution in [3.63, 3.8) is 0 Å². The van der Waals surface area contributed by atoms with E-state index >= 15 is 0 Å². The van der Waals surface area contributed by atoms with E-state index in [-0.39, 0.29) is 18.3 Å². The van der Waals surface area contributed by atoms with Crippen LogP contribution in [0.3, 0.4) is 0 Å². The molecule has 0 unspecified atom stereocenters. The van der Waals surface area contributed by atoms with Crippen molar-refractivity contribution in [1.29, 1.82) is 0 Å². The van der Waals surface area contributed by atoms with Crippen LogP contribution in [0, 0.1) is 12.3 Å². The van der Waals surface area contributed by atoms with Gasteiger partial charge in [0.15, 0.2) is 0 Å². The van der Waals surface area contributed by atoms with Gasteiger partial charge in [-0.3, -0.25) is 9.59 Å². The Labute approximate surface area is 103 Å². The highest BCUT2D eigenvalue weighted by Crippen LogP contribution is 2.04. The highest BCUT2D eigenvalue weighted by molar-refractivity contribution is 5.77. The Morgan fingerprint density at radius 3 is 2.53 bits per heavy atom. The molecule has 4 heteroatoms. The van der Waals surface area contributed by atoms with Crippen LogP contribution in [-0.4, -0.2) is 37.0 Å². The summed E-state index contributed by atoms with van der Waals surface area (Å²) in [5, 5.41) is 0. The predicted octanol–water partition coefficient (Wildman–Crippen LogP) is 1.59. The number of ether oxygens (including phenoxy) is 1. The molecule has 1 amide bonds. The monoisotopic (exact) mass is 239 g/mol. The molecule has 0 aliphatic rings. The number of unbranched alkanes of at least 4 members (excludes halogenated alkanes) is 2. The van der Waals surface area contributed by atoms with Crippen LogP contribution in [0.5, 0.6) is 0 Å². The van der Waals surface area contributed by atoms with E-state index in [0.717, 1.165) is 12.8 Å². The van der Waals surface area contributed by atoms with Gasteiger partial charge < -0.3 is 9.64 Å². The van der Waals surface area contributed by atoms with Gasteiger partial charge in [0.25, 0.3) is 0 Å². The topological polar surface area (TPSA) is 46.6 Å². The van der Waals surface area contributed by atoms with Crippen molar-refractivity contribution >= 4 is 11.9 Å². The van der Waals surface area contributed by atoms with E-state index in [2.05, 4.69) is 10.7 Å². The van der Waals surface area contributed by atoms with Gasteiger partial charge in [0.05, 0.1) is 13.5 Å². The van der Waals surface area contributed by atoms with Crippen LogP contribution < -0.4 is 0 Å². The second-order valence-corrected chi connectivity index (χ2v) is 3.71. The van der Waals surface area contributed by atoms with Crippen molar-refractivity contribution in [2.45, 2.75) is 39.0 Å². The largest absolute Gasteiger partial charge is 0.469 e. The smallest absolute Gasteiger partial charge is 0.307 e. The number of hydrogen-bond donors (Lipinski definition) is 0. The molecule has 0 aromatic rings. The summed E-state index contributed by atoms with van der Waals surface area (Å²) in [4.78, 5) is 24.4. The zero-order valence-corrected chi connectivity index (χ0v) is 10.7. The summed E-state index contributed by atoms with van der Waals surface area (Å²) in [6.45, 7) is 2.94. The summed E-state index contributed by atoms with van der Waals surface area (Å²) in [7, 11) is 1.35. The van der Waals surface area contributed by atoms with Crippen molar-refractivity contribution in [3.05, 3.63) is 0 Å². The third kappa shape index (κ3) is 7.40. The lowest BCUT2D eigenvalue weighted by Gasteiger charge is -2.20. The molecule has 0 aromatic heterocycles. The molecule has 0 saturated heterocycles. The molecular formula is C13H21NO3. The first-order chi connectivity index (χ1) is 8.15. The van der Waals surface area contributed by atoms with Gasteiger partial charge in [-0.05, 0) is 19.8 Å². The van der Waals surface area contributed by atoms with Gasteiger partial charge in [-0.1, -0.05) is 0 Å². The SMILES string of the molecule is C#CCCCCC(=O)N(CC)CCC(=O)OC. The molecule has 96 valence electrons. The number of esters is 1. The van der Waals surface area contributed by atoms with Gasteiger partial charge in [0.1, 0.15) is 0 Å². The molecule has 17 heavy (non-hydrogen) atoms. The fourth-order valence-electron chi connectivity index (χ4n) is 1.45. The Morgan fingerprint density at radius 1 is 1.29 bits per heavy atom. The van der Waals surface area contributed by atoms with E-state index in [4.69, 9.17) is 6.42 Å². The molecular weight excluding hydrogens is 218 g/mol. The number of amides is 1. The summed E-state index contributed by atoms with van der Waals surface area (Å²) in [5.41, 5.74) is 0. The Bertz CT molecular complexity index is 281. The van der Waals surface area contributed by atoms with Gasteiger partial charge in [0, 0.05) is 25.9 Å². The number of rotatable bonds is 8. The predicted molar refractivity (Wildman–Crippen MR) is 66.2 cm³/mol. The third-order valence-corrected chi connectivity index (χ3v) is 2.51. The summed E-state index contributed by atoms with van der Waals surface area (Å²) in [6.07, 6.45) is 8.26. The molecule has 0 heterocycles. The molecule has 0 aliphatic heterocycles. The molecule has 4 nitrogen and oxygen atoms in total. The summed E-state index contributed by atoms with van der Waals surface area (Å²) < 4.78 is 4.54. The lowest BCUT2D eigenvalue weighted by atomic mass is 10.2. The molecule has 0 spiro atoms. The van der Waals surface area contributed by atoms with Crippen molar-refractivity contribution in [3.8, 4) is 12.3 Å². The molecule has 0 N–H and O–H groups in total. The molecule has 0 fully saturated rings. The fraction of sp³-hybridized carbons (Fsp3) is 0.692. The van der Waals surface area contributed by atoms with Gasteiger partial charge in [0.2, 0.25) is 5.91 Å². The van der Waals surface area contributed by atoms with Gasteiger partial charge in [-0.2, -0.15) is 0 Å².